The van der Waals surface area contributed by atoms with Crippen molar-refractivity contribution in [2.75, 3.05) is 0 Å². The Labute approximate surface area is 151 Å². The SMILES string of the molecule is Cc1ccccc1/C=C/c1ccc(/C=C/c2ccccc2C)c(C)c1. The van der Waals surface area contributed by atoms with E-state index in [9.17, 15) is 0 Å². The van der Waals surface area contributed by atoms with Gasteiger partial charge in [-0.05, 0) is 59.7 Å². The average molecular weight is 324 g/mol. The fraction of sp³-hybridized carbons (Fsp3) is 0.120. The molecule has 0 N–H and O–H groups in total. The molecule has 0 amide bonds. The van der Waals surface area contributed by atoms with Gasteiger partial charge in [0.2, 0.25) is 0 Å². The van der Waals surface area contributed by atoms with Gasteiger partial charge < -0.3 is 0 Å². The lowest BCUT2D eigenvalue weighted by molar-refractivity contribution is 1.42. The highest BCUT2D eigenvalue weighted by Gasteiger charge is 1.98. The Balaban J connectivity index is 1.79. The van der Waals surface area contributed by atoms with Crippen molar-refractivity contribution in [3.8, 4) is 0 Å². The van der Waals surface area contributed by atoms with E-state index in [4.69, 9.17) is 0 Å². The molecule has 0 aliphatic carbocycles. The van der Waals surface area contributed by atoms with Crippen molar-refractivity contribution in [2.45, 2.75) is 20.8 Å². The summed E-state index contributed by atoms with van der Waals surface area (Å²) in [4.78, 5) is 0. The summed E-state index contributed by atoms with van der Waals surface area (Å²) in [6.07, 6.45) is 8.77. The summed E-state index contributed by atoms with van der Waals surface area (Å²) < 4.78 is 0. The maximum Gasteiger partial charge on any atom is -0.0227 e. The topological polar surface area (TPSA) is 0 Å². The third-order valence-electron chi connectivity index (χ3n) is 4.57. The quantitative estimate of drug-likeness (QED) is 0.455. The van der Waals surface area contributed by atoms with Crippen molar-refractivity contribution < 1.29 is 0 Å². The molecule has 0 heteroatoms. The van der Waals surface area contributed by atoms with Crippen LogP contribution < -0.4 is 0 Å². The molecule has 0 spiro atoms. The van der Waals surface area contributed by atoms with E-state index >= 15 is 0 Å². The van der Waals surface area contributed by atoms with Crippen LogP contribution in [0.15, 0.2) is 66.7 Å². The van der Waals surface area contributed by atoms with Crippen LogP contribution >= 0.6 is 0 Å². The molecular weight excluding hydrogens is 300 g/mol. The zero-order valence-corrected chi connectivity index (χ0v) is 15.2. The van der Waals surface area contributed by atoms with Crippen molar-refractivity contribution in [3.05, 3.63) is 106 Å². The van der Waals surface area contributed by atoms with Crippen LogP contribution in [0.5, 0.6) is 0 Å². The van der Waals surface area contributed by atoms with Gasteiger partial charge in [0.1, 0.15) is 0 Å². The third-order valence-corrected chi connectivity index (χ3v) is 4.57. The van der Waals surface area contributed by atoms with Gasteiger partial charge in [-0.3, -0.25) is 0 Å². The maximum atomic E-state index is 2.24. The molecule has 0 unspecified atom stereocenters. The minimum atomic E-state index is 1.23. The molecular formula is C25H24. The van der Waals surface area contributed by atoms with Crippen molar-refractivity contribution in [1.29, 1.82) is 0 Å². The highest BCUT2D eigenvalue weighted by molar-refractivity contribution is 5.75. The predicted octanol–water partition coefficient (Wildman–Crippen LogP) is 6.95. The third kappa shape index (κ3) is 4.36. The van der Waals surface area contributed by atoms with E-state index in [2.05, 4.69) is 112 Å². The number of benzene rings is 3. The molecule has 0 radical (unpaired) electrons. The van der Waals surface area contributed by atoms with Crippen molar-refractivity contribution >= 4 is 24.3 Å². The van der Waals surface area contributed by atoms with Crippen LogP contribution in [-0.4, -0.2) is 0 Å². The molecule has 0 bridgehead atoms. The van der Waals surface area contributed by atoms with Gasteiger partial charge in [0, 0.05) is 0 Å². The predicted molar refractivity (Wildman–Crippen MR) is 111 cm³/mol. The smallest absolute Gasteiger partial charge is 0.0227 e. The fourth-order valence-corrected chi connectivity index (χ4v) is 2.90. The largest absolute Gasteiger partial charge is 0.0620 e. The second kappa shape index (κ2) is 7.81. The number of rotatable bonds is 4. The first kappa shape index (κ1) is 17.0. The summed E-state index contributed by atoms with van der Waals surface area (Å²) >= 11 is 0. The molecule has 0 atom stereocenters. The summed E-state index contributed by atoms with van der Waals surface area (Å²) in [6.45, 7) is 6.46. The Hall–Kier alpha value is -2.86. The number of hydrogen-bond donors (Lipinski definition) is 0. The van der Waals surface area contributed by atoms with Crippen LogP contribution in [-0.2, 0) is 0 Å². The molecule has 3 aromatic carbocycles. The molecule has 0 aliphatic heterocycles. The summed E-state index contributed by atoms with van der Waals surface area (Å²) in [5, 5.41) is 0. The van der Waals surface area contributed by atoms with E-state index in [1.807, 2.05) is 0 Å². The second-order valence-corrected chi connectivity index (χ2v) is 6.50. The Kier molecular flexibility index (Phi) is 5.30. The van der Waals surface area contributed by atoms with E-state index in [-0.39, 0.29) is 0 Å². The summed E-state index contributed by atoms with van der Waals surface area (Å²) in [7, 11) is 0. The lowest BCUT2D eigenvalue weighted by Gasteiger charge is -2.04. The van der Waals surface area contributed by atoms with Crippen LogP contribution in [0, 0.1) is 20.8 Å². The monoisotopic (exact) mass is 324 g/mol. The van der Waals surface area contributed by atoms with E-state index in [1.165, 1.54) is 38.9 Å². The standard InChI is InChI=1S/C25H24/c1-19-8-4-6-10-23(19)14-12-22-13-15-25(21(3)18-22)17-16-24-11-7-5-9-20(24)2/h4-18H,1-3H3/b14-12+,17-16+. The first-order valence-corrected chi connectivity index (χ1v) is 8.71. The molecule has 0 heterocycles. The number of aryl methyl sites for hydroxylation is 3. The van der Waals surface area contributed by atoms with E-state index in [0.29, 0.717) is 0 Å². The minimum absolute atomic E-state index is 1.23. The van der Waals surface area contributed by atoms with Gasteiger partial charge >= 0.3 is 0 Å². The van der Waals surface area contributed by atoms with Crippen molar-refractivity contribution in [1.82, 2.24) is 0 Å². The van der Waals surface area contributed by atoms with Crippen LogP contribution in [0.1, 0.15) is 38.9 Å². The van der Waals surface area contributed by atoms with Crippen LogP contribution in [0.4, 0.5) is 0 Å². The van der Waals surface area contributed by atoms with Gasteiger partial charge in [-0.1, -0.05) is 91.0 Å². The molecule has 3 aromatic rings. The molecule has 0 aromatic heterocycles. The zero-order chi connectivity index (χ0) is 17.6. The average Bonchev–Trinajstić information content (AvgIpc) is 2.61. The van der Waals surface area contributed by atoms with Gasteiger partial charge in [0.25, 0.3) is 0 Å². The molecule has 0 fully saturated rings. The van der Waals surface area contributed by atoms with Crippen molar-refractivity contribution in [3.63, 3.8) is 0 Å². The zero-order valence-electron chi connectivity index (χ0n) is 15.2. The molecule has 0 nitrogen and oxygen atoms in total. The first-order valence-electron chi connectivity index (χ1n) is 8.71. The summed E-state index contributed by atoms with van der Waals surface area (Å²) in [5.74, 6) is 0. The Morgan fingerprint density at radius 1 is 0.480 bits per heavy atom. The van der Waals surface area contributed by atoms with E-state index in [1.54, 1.807) is 0 Å². The van der Waals surface area contributed by atoms with Crippen LogP contribution in [0.2, 0.25) is 0 Å². The molecule has 0 saturated heterocycles. The van der Waals surface area contributed by atoms with Gasteiger partial charge in [0.05, 0.1) is 0 Å². The van der Waals surface area contributed by atoms with E-state index < -0.39 is 0 Å². The first-order chi connectivity index (χ1) is 12.1. The van der Waals surface area contributed by atoms with E-state index in [0.717, 1.165) is 0 Å². The van der Waals surface area contributed by atoms with Gasteiger partial charge in [-0.15, -0.1) is 0 Å². The maximum absolute atomic E-state index is 2.24. The van der Waals surface area contributed by atoms with Crippen LogP contribution in [0.25, 0.3) is 24.3 Å². The molecule has 124 valence electrons. The Bertz CT molecular complexity index is 926. The minimum Gasteiger partial charge on any atom is -0.0620 e. The Morgan fingerprint density at radius 2 is 0.960 bits per heavy atom. The highest BCUT2D eigenvalue weighted by Crippen LogP contribution is 2.18. The van der Waals surface area contributed by atoms with Crippen molar-refractivity contribution in [2.24, 2.45) is 0 Å². The molecule has 0 aliphatic rings. The second-order valence-electron chi connectivity index (χ2n) is 6.50. The normalized spacial score (nSPS) is 11.5. The lowest BCUT2D eigenvalue weighted by atomic mass is 10.0. The fourth-order valence-electron chi connectivity index (χ4n) is 2.90. The molecule has 0 saturated carbocycles. The van der Waals surface area contributed by atoms with Gasteiger partial charge in [-0.2, -0.15) is 0 Å². The summed E-state index contributed by atoms with van der Waals surface area (Å²) in [5.41, 5.74) is 8.92. The lowest BCUT2D eigenvalue weighted by Crippen LogP contribution is -1.84. The van der Waals surface area contributed by atoms with Crippen LogP contribution in [0.3, 0.4) is 0 Å². The highest BCUT2D eigenvalue weighted by atomic mass is 14.0. The number of hydrogen-bond acceptors (Lipinski definition) is 0. The van der Waals surface area contributed by atoms with Gasteiger partial charge in [-0.25, -0.2) is 0 Å². The molecule has 25 heavy (non-hydrogen) atoms. The summed E-state index contributed by atoms with van der Waals surface area (Å²) in [6, 6.07) is 23.5. The Morgan fingerprint density at radius 3 is 1.48 bits per heavy atom. The molecule has 3 rings (SSSR count). The van der Waals surface area contributed by atoms with Gasteiger partial charge in [0.15, 0.2) is 0 Å².